The van der Waals surface area contributed by atoms with Crippen LogP contribution in [0.2, 0.25) is 5.15 Å². The topological polar surface area (TPSA) is 74.5 Å². The molecule has 0 fully saturated rings. The highest BCUT2D eigenvalue weighted by atomic mass is 35.5. The molecule has 0 atom stereocenters. The van der Waals surface area contributed by atoms with E-state index in [1.54, 1.807) is 13.0 Å². The Morgan fingerprint density at radius 3 is 2.70 bits per heavy atom. The smallest absolute Gasteiger partial charge is 0.315 e. The second-order valence-electron chi connectivity index (χ2n) is 3.97. The fourth-order valence-electron chi connectivity index (χ4n) is 1.56. The molecule has 0 amide bonds. The van der Waals surface area contributed by atoms with Crippen LogP contribution in [0.5, 0.6) is 17.2 Å². The summed E-state index contributed by atoms with van der Waals surface area (Å²) in [5, 5.41) is 11.3. The molecule has 1 aromatic carbocycles. The lowest BCUT2D eigenvalue weighted by Crippen LogP contribution is -1.96. The summed E-state index contributed by atoms with van der Waals surface area (Å²) in [6, 6.07) is 5.86. The standard InChI is InChI=1S/C13H11ClN2O4/c1-8-7-15-13(14)6-12(8)20-11-4-3-9(19-2)5-10(11)16(17)18/h3-7H,1-2H3. The molecule has 1 aromatic heterocycles. The van der Waals surface area contributed by atoms with Crippen LogP contribution in [-0.4, -0.2) is 17.0 Å². The second kappa shape index (κ2) is 5.75. The largest absolute Gasteiger partial charge is 0.496 e. The fraction of sp³-hybridized carbons (Fsp3) is 0.154. The van der Waals surface area contributed by atoms with Gasteiger partial charge in [0.25, 0.3) is 0 Å². The van der Waals surface area contributed by atoms with Gasteiger partial charge in [0, 0.05) is 17.8 Å². The highest BCUT2D eigenvalue weighted by Crippen LogP contribution is 2.35. The SMILES string of the molecule is COc1ccc(Oc2cc(Cl)ncc2C)c([N+](=O)[O-])c1. The third kappa shape index (κ3) is 2.97. The minimum Gasteiger partial charge on any atom is -0.496 e. The van der Waals surface area contributed by atoms with Crippen LogP contribution in [0.4, 0.5) is 5.69 Å². The van der Waals surface area contributed by atoms with Gasteiger partial charge in [-0.05, 0) is 19.1 Å². The second-order valence-corrected chi connectivity index (χ2v) is 4.35. The number of nitro groups is 1. The molecule has 0 aliphatic heterocycles. The molecular formula is C13H11ClN2O4. The molecule has 0 bridgehead atoms. The van der Waals surface area contributed by atoms with E-state index in [0.717, 1.165) is 5.56 Å². The Labute approximate surface area is 120 Å². The summed E-state index contributed by atoms with van der Waals surface area (Å²) in [6.07, 6.45) is 1.53. The lowest BCUT2D eigenvalue weighted by Gasteiger charge is -2.09. The summed E-state index contributed by atoms with van der Waals surface area (Å²) < 4.78 is 10.5. The first-order chi connectivity index (χ1) is 9.51. The van der Waals surface area contributed by atoms with Crippen LogP contribution in [0, 0.1) is 17.0 Å². The van der Waals surface area contributed by atoms with Crippen LogP contribution in [-0.2, 0) is 0 Å². The molecule has 0 N–H and O–H groups in total. The minimum atomic E-state index is -0.532. The molecule has 0 saturated carbocycles. The molecule has 2 rings (SSSR count). The van der Waals surface area contributed by atoms with Crippen molar-refractivity contribution in [3.05, 3.63) is 51.3 Å². The number of nitro benzene ring substituents is 1. The Balaban J connectivity index is 2.42. The zero-order valence-electron chi connectivity index (χ0n) is 10.8. The molecule has 0 aliphatic carbocycles. The number of hydrogen-bond donors (Lipinski definition) is 0. The van der Waals surface area contributed by atoms with Crippen molar-refractivity contribution in [3.63, 3.8) is 0 Å². The van der Waals surface area contributed by atoms with Crippen LogP contribution in [0.25, 0.3) is 0 Å². The van der Waals surface area contributed by atoms with Crippen molar-refractivity contribution in [1.29, 1.82) is 0 Å². The van der Waals surface area contributed by atoms with Gasteiger partial charge < -0.3 is 9.47 Å². The average Bonchev–Trinajstić information content (AvgIpc) is 2.43. The van der Waals surface area contributed by atoms with Gasteiger partial charge in [-0.15, -0.1) is 0 Å². The highest BCUT2D eigenvalue weighted by Gasteiger charge is 2.18. The minimum absolute atomic E-state index is 0.112. The Kier molecular flexibility index (Phi) is 4.05. The number of pyridine rings is 1. The summed E-state index contributed by atoms with van der Waals surface area (Å²) in [4.78, 5) is 14.4. The van der Waals surface area contributed by atoms with Gasteiger partial charge in [-0.3, -0.25) is 10.1 Å². The predicted octanol–water partition coefficient (Wildman–Crippen LogP) is 3.75. The lowest BCUT2D eigenvalue weighted by atomic mass is 10.2. The molecule has 104 valence electrons. The van der Waals surface area contributed by atoms with Gasteiger partial charge in [-0.1, -0.05) is 11.6 Å². The molecule has 6 nitrogen and oxygen atoms in total. The Hall–Kier alpha value is -2.34. The predicted molar refractivity (Wildman–Crippen MR) is 73.7 cm³/mol. The first-order valence-electron chi connectivity index (χ1n) is 5.63. The zero-order valence-corrected chi connectivity index (χ0v) is 11.5. The van der Waals surface area contributed by atoms with E-state index in [1.165, 1.54) is 31.5 Å². The van der Waals surface area contributed by atoms with Crippen LogP contribution in [0.3, 0.4) is 0 Å². The van der Waals surface area contributed by atoms with Gasteiger partial charge >= 0.3 is 5.69 Å². The Bertz CT molecular complexity index is 661. The maximum Gasteiger partial charge on any atom is 0.315 e. The van der Waals surface area contributed by atoms with Gasteiger partial charge in [0.15, 0.2) is 0 Å². The van der Waals surface area contributed by atoms with E-state index in [2.05, 4.69) is 4.98 Å². The van der Waals surface area contributed by atoms with Crippen molar-refractivity contribution in [2.24, 2.45) is 0 Å². The molecule has 0 aliphatic rings. The number of nitrogens with zero attached hydrogens (tertiary/aromatic N) is 2. The van der Waals surface area contributed by atoms with Crippen LogP contribution < -0.4 is 9.47 Å². The molecule has 2 aromatic rings. The quantitative estimate of drug-likeness (QED) is 0.487. The number of hydrogen-bond acceptors (Lipinski definition) is 5. The summed E-state index contributed by atoms with van der Waals surface area (Å²) in [7, 11) is 1.44. The first-order valence-corrected chi connectivity index (χ1v) is 6.01. The molecule has 7 heteroatoms. The fourth-order valence-corrected chi connectivity index (χ4v) is 1.71. The molecular weight excluding hydrogens is 284 g/mol. The van der Waals surface area contributed by atoms with Gasteiger partial charge in [-0.25, -0.2) is 4.98 Å². The number of halogens is 1. The van der Waals surface area contributed by atoms with Crippen LogP contribution in [0.15, 0.2) is 30.5 Å². The number of rotatable bonds is 4. The van der Waals surface area contributed by atoms with Gasteiger partial charge in [0.05, 0.1) is 18.1 Å². The maximum absolute atomic E-state index is 11.1. The molecule has 0 spiro atoms. The van der Waals surface area contributed by atoms with Crippen molar-refractivity contribution < 1.29 is 14.4 Å². The van der Waals surface area contributed by atoms with Crippen molar-refractivity contribution >= 4 is 17.3 Å². The van der Waals surface area contributed by atoms with E-state index in [4.69, 9.17) is 21.1 Å². The maximum atomic E-state index is 11.1. The van der Waals surface area contributed by atoms with Gasteiger partial charge in [0.2, 0.25) is 5.75 Å². The Morgan fingerprint density at radius 2 is 2.05 bits per heavy atom. The van der Waals surface area contributed by atoms with E-state index in [1.807, 2.05) is 0 Å². The number of methoxy groups -OCH3 is 1. The highest BCUT2D eigenvalue weighted by molar-refractivity contribution is 6.29. The monoisotopic (exact) mass is 294 g/mol. The van der Waals surface area contributed by atoms with E-state index < -0.39 is 4.92 Å². The summed E-state index contributed by atoms with van der Waals surface area (Å²) in [5.41, 5.74) is 0.538. The van der Waals surface area contributed by atoms with Crippen molar-refractivity contribution in [3.8, 4) is 17.2 Å². The normalized spacial score (nSPS) is 10.2. The van der Waals surface area contributed by atoms with E-state index in [0.29, 0.717) is 11.5 Å². The number of aromatic nitrogens is 1. The van der Waals surface area contributed by atoms with Crippen molar-refractivity contribution in [1.82, 2.24) is 4.98 Å². The van der Waals surface area contributed by atoms with Crippen LogP contribution in [0.1, 0.15) is 5.56 Å². The lowest BCUT2D eigenvalue weighted by molar-refractivity contribution is -0.385. The molecule has 0 radical (unpaired) electrons. The number of ether oxygens (including phenoxy) is 2. The van der Waals surface area contributed by atoms with E-state index in [9.17, 15) is 10.1 Å². The third-order valence-electron chi connectivity index (χ3n) is 2.60. The van der Waals surface area contributed by atoms with E-state index >= 15 is 0 Å². The molecule has 20 heavy (non-hydrogen) atoms. The molecule has 0 unspecified atom stereocenters. The molecule has 0 saturated heterocycles. The average molecular weight is 295 g/mol. The number of aryl methyl sites for hydroxylation is 1. The van der Waals surface area contributed by atoms with Gasteiger partial charge in [-0.2, -0.15) is 0 Å². The zero-order chi connectivity index (χ0) is 14.7. The Morgan fingerprint density at radius 1 is 1.30 bits per heavy atom. The number of benzene rings is 1. The van der Waals surface area contributed by atoms with E-state index in [-0.39, 0.29) is 16.6 Å². The van der Waals surface area contributed by atoms with Crippen molar-refractivity contribution in [2.75, 3.05) is 7.11 Å². The summed E-state index contributed by atoms with van der Waals surface area (Å²) >= 11 is 5.79. The summed E-state index contributed by atoms with van der Waals surface area (Å²) in [6.45, 7) is 1.77. The van der Waals surface area contributed by atoms with Crippen LogP contribution >= 0.6 is 11.6 Å². The first kappa shape index (κ1) is 14.1. The summed E-state index contributed by atoms with van der Waals surface area (Å²) in [5.74, 6) is 0.910. The molecule has 1 heterocycles. The van der Waals surface area contributed by atoms with Crippen molar-refractivity contribution in [2.45, 2.75) is 6.92 Å². The van der Waals surface area contributed by atoms with Gasteiger partial charge in [0.1, 0.15) is 16.7 Å². The third-order valence-corrected chi connectivity index (χ3v) is 2.81.